The van der Waals surface area contributed by atoms with Gasteiger partial charge < -0.3 is 14.5 Å². The van der Waals surface area contributed by atoms with E-state index in [1.54, 1.807) is 13.4 Å². The van der Waals surface area contributed by atoms with E-state index < -0.39 is 0 Å². The van der Waals surface area contributed by atoms with E-state index in [0.717, 1.165) is 48.8 Å². The molecule has 1 aliphatic rings. The third kappa shape index (κ3) is 4.31. The molecule has 0 N–H and O–H groups in total. The number of benzene rings is 1. The van der Waals surface area contributed by atoms with Crippen LogP contribution in [0.1, 0.15) is 24.1 Å². The zero-order chi connectivity index (χ0) is 18.5. The minimum atomic E-state index is 0.189. The zero-order valence-electron chi connectivity index (χ0n) is 15.7. The highest BCUT2D eigenvalue weighted by atomic mass is 16.5. The van der Waals surface area contributed by atoms with Gasteiger partial charge in [-0.3, -0.25) is 4.79 Å². The lowest BCUT2D eigenvalue weighted by atomic mass is 10.0. The number of methoxy groups -OCH3 is 1. The van der Waals surface area contributed by atoms with Crippen LogP contribution in [0.3, 0.4) is 0 Å². The number of aryl methyl sites for hydroxylation is 1. The lowest BCUT2D eigenvalue weighted by Gasteiger charge is -2.37. The van der Waals surface area contributed by atoms with Crippen LogP contribution in [0.4, 0.5) is 5.82 Å². The molecule has 2 aromatic rings. The van der Waals surface area contributed by atoms with Crippen LogP contribution in [0.15, 0.2) is 36.7 Å². The first-order valence-corrected chi connectivity index (χ1v) is 8.99. The smallest absolute Gasteiger partial charge is 0.226 e. The number of hydrogen-bond donors (Lipinski definition) is 0. The van der Waals surface area contributed by atoms with Crippen LogP contribution >= 0.6 is 0 Å². The van der Waals surface area contributed by atoms with E-state index in [1.165, 1.54) is 0 Å². The average Bonchev–Trinajstić information content (AvgIpc) is 2.68. The fourth-order valence-corrected chi connectivity index (χ4v) is 3.35. The van der Waals surface area contributed by atoms with Crippen molar-refractivity contribution in [2.45, 2.75) is 32.2 Å². The molecular formula is C20H26N4O2. The maximum Gasteiger partial charge on any atom is 0.226 e. The van der Waals surface area contributed by atoms with Crippen molar-refractivity contribution in [2.24, 2.45) is 0 Å². The molecule has 138 valence electrons. The topological polar surface area (TPSA) is 58.6 Å². The largest absolute Gasteiger partial charge is 0.497 e. The highest BCUT2D eigenvalue weighted by Gasteiger charge is 2.26. The molecule has 0 spiro atoms. The fourth-order valence-electron chi connectivity index (χ4n) is 3.35. The number of anilines is 1. The summed E-state index contributed by atoms with van der Waals surface area (Å²) in [6.45, 7) is 3.54. The SMILES string of the molecule is COc1ccc(CC(=O)N2CCC(N(C)c3cc(C)ncn3)CC2)cc1. The minimum Gasteiger partial charge on any atom is -0.497 e. The van der Waals surface area contributed by atoms with Crippen molar-refractivity contribution in [3.8, 4) is 5.75 Å². The second-order valence-electron chi connectivity index (χ2n) is 6.77. The molecular weight excluding hydrogens is 328 g/mol. The van der Waals surface area contributed by atoms with Gasteiger partial charge in [-0.2, -0.15) is 0 Å². The Morgan fingerprint density at radius 2 is 1.92 bits per heavy atom. The third-order valence-corrected chi connectivity index (χ3v) is 5.03. The first-order chi connectivity index (χ1) is 12.6. The lowest BCUT2D eigenvalue weighted by Crippen LogP contribution is -2.46. The highest BCUT2D eigenvalue weighted by Crippen LogP contribution is 2.21. The Morgan fingerprint density at radius 3 is 2.54 bits per heavy atom. The first kappa shape index (κ1) is 18.2. The van der Waals surface area contributed by atoms with Gasteiger partial charge in [-0.05, 0) is 37.5 Å². The maximum atomic E-state index is 12.6. The summed E-state index contributed by atoms with van der Waals surface area (Å²) in [6, 6.07) is 10.1. The Hall–Kier alpha value is -2.63. The lowest BCUT2D eigenvalue weighted by molar-refractivity contribution is -0.131. The number of ether oxygens (including phenoxy) is 1. The second-order valence-corrected chi connectivity index (χ2v) is 6.77. The molecule has 1 aliphatic heterocycles. The normalized spacial score (nSPS) is 15.0. The van der Waals surface area contributed by atoms with Gasteiger partial charge in [0.25, 0.3) is 0 Å². The van der Waals surface area contributed by atoms with Gasteiger partial charge in [0.15, 0.2) is 0 Å². The van der Waals surface area contributed by atoms with Gasteiger partial charge in [0.05, 0.1) is 13.5 Å². The van der Waals surface area contributed by atoms with Gasteiger partial charge in [0.1, 0.15) is 17.9 Å². The van der Waals surface area contributed by atoms with Crippen molar-refractivity contribution in [3.05, 3.63) is 47.9 Å². The molecule has 1 fully saturated rings. The molecule has 6 nitrogen and oxygen atoms in total. The molecule has 1 amide bonds. The van der Waals surface area contributed by atoms with Gasteiger partial charge in [0.2, 0.25) is 5.91 Å². The number of rotatable bonds is 5. The monoisotopic (exact) mass is 354 g/mol. The molecule has 3 rings (SSSR count). The van der Waals surface area contributed by atoms with Crippen LogP contribution < -0.4 is 9.64 Å². The molecule has 0 bridgehead atoms. The Balaban J connectivity index is 1.53. The van der Waals surface area contributed by atoms with Crippen molar-refractivity contribution in [1.29, 1.82) is 0 Å². The fraction of sp³-hybridized carbons (Fsp3) is 0.450. The predicted octanol–water partition coefficient (Wildman–Crippen LogP) is 2.46. The van der Waals surface area contributed by atoms with E-state index in [4.69, 9.17) is 4.74 Å². The molecule has 1 aromatic carbocycles. The molecule has 1 aromatic heterocycles. The van der Waals surface area contributed by atoms with Gasteiger partial charge in [-0.1, -0.05) is 12.1 Å². The van der Waals surface area contributed by atoms with E-state index in [2.05, 4.69) is 21.9 Å². The van der Waals surface area contributed by atoms with E-state index in [9.17, 15) is 4.79 Å². The summed E-state index contributed by atoms with van der Waals surface area (Å²) in [6.07, 6.45) is 3.95. The summed E-state index contributed by atoms with van der Waals surface area (Å²) in [5.41, 5.74) is 1.99. The minimum absolute atomic E-state index is 0.189. The standard InChI is InChI=1S/C20H26N4O2/c1-15-12-19(22-14-21-15)23(2)17-8-10-24(11-9-17)20(25)13-16-4-6-18(26-3)7-5-16/h4-7,12,14,17H,8-11,13H2,1-3H3. The predicted molar refractivity (Wildman–Crippen MR) is 101 cm³/mol. The average molecular weight is 354 g/mol. The molecule has 0 aliphatic carbocycles. The summed E-state index contributed by atoms with van der Waals surface area (Å²) >= 11 is 0. The van der Waals surface area contributed by atoms with Crippen molar-refractivity contribution < 1.29 is 9.53 Å². The Bertz CT molecular complexity index is 740. The number of piperidine rings is 1. The van der Waals surface area contributed by atoms with Crippen LogP contribution in [-0.2, 0) is 11.2 Å². The number of carbonyl (C=O) groups is 1. The third-order valence-electron chi connectivity index (χ3n) is 5.03. The molecule has 6 heteroatoms. The van der Waals surface area contributed by atoms with Crippen molar-refractivity contribution >= 4 is 11.7 Å². The molecule has 26 heavy (non-hydrogen) atoms. The van der Waals surface area contributed by atoms with E-state index >= 15 is 0 Å². The van der Waals surface area contributed by atoms with Gasteiger partial charge in [-0.15, -0.1) is 0 Å². The van der Waals surface area contributed by atoms with Gasteiger partial charge in [-0.25, -0.2) is 9.97 Å². The number of hydrogen-bond acceptors (Lipinski definition) is 5. The van der Waals surface area contributed by atoms with Gasteiger partial charge in [0, 0.05) is 37.9 Å². The van der Waals surface area contributed by atoms with E-state index in [-0.39, 0.29) is 5.91 Å². The number of amides is 1. The van der Waals surface area contributed by atoms with Crippen molar-refractivity contribution in [1.82, 2.24) is 14.9 Å². The van der Waals surface area contributed by atoms with Crippen LogP contribution in [0.2, 0.25) is 0 Å². The van der Waals surface area contributed by atoms with Gasteiger partial charge >= 0.3 is 0 Å². The summed E-state index contributed by atoms with van der Waals surface area (Å²) in [7, 11) is 3.71. The van der Waals surface area contributed by atoms with Crippen molar-refractivity contribution in [2.75, 3.05) is 32.1 Å². The van der Waals surface area contributed by atoms with Crippen LogP contribution in [0.5, 0.6) is 5.75 Å². The molecule has 0 radical (unpaired) electrons. The first-order valence-electron chi connectivity index (χ1n) is 8.99. The van der Waals surface area contributed by atoms with Crippen LogP contribution in [-0.4, -0.2) is 54.1 Å². The second kappa shape index (κ2) is 8.17. The summed E-state index contributed by atoms with van der Waals surface area (Å²) in [5.74, 6) is 1.94. The quantitative estimate of drug-likeness (QED) is 0.825. The van der Waals surface area contributed by atoms with E-state index in [1.807, 2.05) is 42.2 Å². The number of carbonyl (C=O) groups excluding carboxylic acids is 1. The maximum absolute atomic E-state index is 12.6. The number of aromatic nitrogens is 2. The van der Waals surface area contributed by atoms with Crippen molar-refractivity contribution in [3.63, 3.8) is 0 Å². The summed E-state index contributed by atoms with van der Waals surface area (Å²) < 4.78 is 5.16. The summed E-state index contributed by atoms with van der Waals surface area (Å²) in [4.78, 5) is 25.3. The Kier molecular flexibility index (Phi) is 5.71. The van der Waals surface area contributed by atoms with E-state index in [0.29, 0.717) is 12.5 Å². The molecule has 0 atom stereocenters. The molecule has 1 saturated heterocycles. The zero-order valence-corrected chi connectivity index (χ0v) is 15.7. The highest BCUT2D eigenvalue weighted by molar-refractivity contribution is 5.79. The Morgan fingerprint density at radius 1 is 1.23 bits per heavy atom. The molecule has 2 heterocycles. The molecule has 0 unspecified atom stereocenters. The molecule has 0 saturated carbocycles. The number of nitrogens with zero attached hydrogens (tertiary/aromatic N) is 4. The van der Waals surface area contributed by atoms with Crippen LogP contribution in [0.25, 0.3) is 0 Å². The Labute approximate surface area is 154 Å². The number of likely N-dealkylation sites (tertiary alicyclic amines) is 1. The summed E-state index contributed by atoms with van der Waals surface area (Å²) in [5, 5.41) is 0. The van der Waals surface area contributed by atoms with Crippen LogP contribution in [0, 0.1) is 6.92 Å².